The van der Waals surface area contributed by atoms with Crippen molar-refractivity contribution in [3.8, 4) is 11.5 Å². The molecule has 0 bridgehead atoms. The summed E-state index contributed by atoms with van der Waals surface area (Å²) in [4.78, 5) is 26.5. The predicted octanol–water partition coefficient (Wildman–Crippen LogP) is 3.12. The summed E-state index contributed by atoms with van der Waals surface area (Å²) >= 11 is 0. The molecule has 1 aliphatic rings. The van der Waals surface area contributed by atoms with E-state index in [9.17, 15) is 9.59 Å². The molecule has 6 heteroatoms. The largest absolute Gasteiger partial charge is 0.494 e. The third-order valence-corrected chi connectivity index (χ3v) is 5.20. The summed E-state index contributed by atoms with van der Waals surface area (Å²) in [6.45, 7) is 5.87. The summed E-state index contributed by atoms with van der Waals surface area (Å²) in [5.41, 5.74) is 2.11. The normalized spacial score (nSPS) is 14.3. The molecule has 30 heavy (non-hydrogen) atoms. The minimum atomic E-state index is -0.0188. The van der Waals surface area contributed by atoms with Gasteiger partial charge < -0.3 is 19.7 Å². The lowest BCUT2D eigenvalue weighted by Crippen LogP contribution is -2.48. The van der Waals surface area contributed by atoms with Crippen molar-refractivity contribution in [2.24, 2.45) is 0 Å². The van der Waals surface area contributed by atoms with Crippen LogP contribution in [0.3, 0.4) is 0 Å². The molecule has 2 amide bonds. The first-order valence-corrected chi connectivity index (χ1v) is 10.5. The number of hydrogen-bond donors (Lipinski definition) is 1. The number of ether oxygens (including phenoxy) is 2. The highest BCUT2D eigenvalue weighted by atomic mass is 16.5. The zero-order valence-electron chi connectivity index (χ0n) is 17.7. The summed E-state index contributed by atoms with van der Waals surface area (Å²) in [5, 5.41) is 3.09. The van der Waals surface area contributed by atoms with Crippen molar-refractivity contribution in [2.45, 2.75) is 39.2 Å². The Bertz CT molecular complexity index is 825. The Labute approximate surface area is 178 Å². The summed E-state index contributed by atoms with van der Waals surface area (Å²) in [7, 11) is 0. The maximum atomic E-state index is 12.4. The Morgan fingerprint density at radius 3 is 2.20 bits per heavy atom. The molecule has 2 aromatic rings. The molecule has 0 radical (unpaired) electrons. The van der Waals surface area contributed by atoms with E-state index < -0.39 is 0 Å². The van der Waals surface area contributed by atoms with Gasteiger partial charge >= 0.3 is 0 Å². The summed E-state index contributed by atoms with van der Waals surface area (Å²) < 4.78 is 11.0. The molecule has 6 nitrogen and oxygen atoms in total. The van der Waals surface area contributed by atoms with Gasteiger partial charge in [-0.1, -0.05) is 29.8 Å². The van der Waals surface area contributed by atoms with Crippen molar-refractivity contribution in [1.82, 2.24) is 10.2 Å². The molecular formula is C24H30N2O4. The van der Waals surface area contributed by atoms with Crippen LogP contribution in [0.4, 0.5) is 0 Å². The second-order valence-corrected chi connectivity index (χ2v) is 7.58. The number of nitrogens with one attached hydrogen (secondary N) is 1. The fraction of sp³-hybridized carbons (Fsp3) is 0.417. The van der Waals surface area contributed by atoms with Gasteiger partial charge in [0.05, 0.1) is 13.0 Å². The van der Waals surface area contributed by atoms with Crippen LogP contribution in [0.2, 0.25) is 0 Å². The van der Waals surface area contributed by atoms with Crippen molar-refractivity contribution >= 4 is 11.8 Å². The van der Waals surface area contributed by atoms with Crippen LogP contribution in [0, 0.1) is 6.92 Å². The Morgan fingerprint density at radius 2 is 1.57 bits per heavy atom. The average Bonchev–Trinajstić information content (AvgIpc) is 2.75. The van der Waals surface area contributed by atoms with E-state index >= 15 is 0 Å². The minimum Gasteiger partial charge on any atom is -0.494 e. The van der Waals surface area contributed by atoms with Crippen LogP contribution >= 0.6 is 0 Å². The zero-order valence-corrected chi connectivity index (χ0v) is 17.7. The van der Waals surface area contributed by atoms with Crippen LogP contribution < -0.4 is 14.8 Å². The molecule has 0 aromatic heterocycles. The third kappa shape index (κ3) is 6.51. The predicted molar refractivity (Wildman–Crippen MR) is 116 cm³/mol. The third-order valence-electron chi connectivity index (χ3n) is 5.20. The summed E-state index contributed by atoms with van der Waals surface area (Å²) in [6, 6.07) is 15.4. The van der Waals surface area contributed by atoms with Crippen LogP contribution in [-0.4, -0.2) is 49.1 Å². The first kappa shape index (κ1) is 21.7. The average molecular weight is 411 g/mol. The smallest absolute Gasteiger partial charge is 0.260 e. The van der Waals surface area contributed by atoms with Gasteiger partial charge in [0.25, 0.3) is 5.91 Å². The number of aryl methyl sites for hydroxylation is 1. The van der Waals surface area contributed by atoms with E-state index in [1.807, 2.05) is 67.3 Å². The van der Waals surface area contributed by atoms with Crippen molar-refractivity contribution < 1.29 is 19.1 Å². The number of carbonyl (C=O) groups is 2. The topological polar surface area (TPSA) is 67.9 Å². The number of rotatable bonds is 8. The van der Waals surface area contributed by atoms with Gasteiger partial charge in [0.2, 0.25) is 5.91 Å². The number of likely N-dealkylation sites (tertiary alicyclic amines) is 1. The van der Waals surface area contributed by atoms with E-state index in [4.69, 9.17) is 9.47 Å². The lowest BCUT2D eigenvalue weighted by molar-refractivity contribution is -0.134. The van der Waals surface area contributed by atoms with Gasteiger partial charge in [-0.05, 0) is 56.5 Å². The SMILES string of the molecule is CCOc1ccc(CC(=O)NC2CCN(C(=O)COc3ccc(C)cc3)CC2)cc1. The van der Waals surface area contributed by atoms with Gasteiger partial charge in [-0.15, -0.1) is 0 Å². The number of amides is 2. The van der Waals surface area contributed by atoms with E-state index in [0.717, 1.165) is 29.7 Å². The Morgan fingerprint density at radius 1 is 0.967 bits per heavy atom. The molecule has 160 valence electrons. The van der Waals surface area contributed by atoms with E-state index in [1.165, 1.54) is 0 Å². The van der Waals surface area contributed by atoms with Crippen molar-refractivity contribution in [2.75, 3.05) is 26.3 Å². The quantitative estimate of drug-likeness (QED) is 0.726. The highest BCUT2D eigenvalue weighted by Crippen LogP contribution is 2.15. The molecule has 1 fully saturated rings. The molecule has 1 aliphatic heterocycles. The van der Waals surface area contributed by atoms with Gasteiger partial charge in [-0.25, -0.2) is 0 Å². The van der Waals surface area contributed by atoms with Crippen LogP contribution in [0.25, 0.3) is 0 Å². The van der Waals surface area contributed by atoms with Crippen molar-refractivity contribution in [3.05, 3.63) is 59.7 Å². The van der Waals surface area contributed by atoms with Gasteiger partial charge in [0, 0.05) is 19.1 Å². The molecule has 0 saturated carbocycles. The first-order chi connectivity index (χ1) is 14.5. The number of benzene rings is 2. The number of carbonyl (C=O) groups excluding carboxylic acids is 2. The maximum absolute atomic E-state index is 12.4. The summed E-state index contributed by atoms with van der Waals surface area (Å²) in [5.74, 6) is 1.50. The van der Waals surface area contributed by atoms with Gasteiger partial charge in [0.15, 0.2) is 6.61 Å². The Kier molecular flexibility index (Phi) is 7.71. The number of hydrogen-bond acceptors (Lipinski definition) is 4. The standard InChI is InChI=1S/C24H30N2O4/c1-3-29-21-10-6-19(7-11-21)16-23(27)25-20-12-14-26(15-13-20)24(28)17-30-22-8-4-18(2)5-9-22/h4-11,20H,3,12-17H2,1-2H3,(H,25,27). The Hall–Kier alpha value is -3.02. The monoisotopic (exact) mass is 410 g/mol. The molecule has 1 N–H and O–H groups in total. The van der Waals surface area contributed by atoms with Gasteiger partial charge in [0.1, 0.15) is 11.5 Å². The fourth-order valence-corrected chi connectivity index (χ4v) is 3.48. The Balaban J connectivity index is 1.37. The van der Waals surface area contributed by atoms with Crippen LogP contribution in [-0.2, 0) is 16.0 Å². The highest BCUT2D eigenvalue weighted by Gasteiger charge is 2.24. The lowest BCUT2D eigenvalue weighted by Gasteiger charge is -2.32. The molecule has 2 aromatic carbocycles. The van der Waals surface area contributed by atoms with E-state index in [2.05, 4.69) is 5.32 Å². The van der Waals surface area contributed by atoms with Gasteiger partial charge in [-0.3, -0.25) is 9.59 Å². The lowest BCUT2D eigenvalue weighted by atomic mass is 10.0. The second-order valence-electron chi connectivity index (χ2n) is 7.58. The van der Waals surface area contributed by atoms with Crippen LogP contribution in [0.1, 0.15) is 30.9 Å². The van der Waals surface area contributed by atoms with Gasteiger partial charge in [-0.2, -0.15) is 0 Å². The highest BCUT2D eigenvalue weighted by molar-refractivity contribution is 5.79. The molecule has 3 rings (SSSR count). The molecular weight excluding hydrogens is 380 g/mol. The van der Waals surface area contributed by atoms with Crippen LogP contribution in [0.15, 0.2) is 48.5 Å². The van der Waals surface area contributed by atoms with E-state index in [1.54, 1.807) is 0 Å². The minimum absolute atomic E-state index is 0.00615. The number of nitrogens with zero attached hydrogens (tertiary/aromatic N) is 1. The molecule has 0 atom stereocenters. The van der Waals surface area contributed by atoms with E-state index in [0.29, 0.717) is 31.9 Å². The first-order valence-electron chi connectivity index (χ1n) is 10.5. The van der Waals surface area contributed by atoms with Crippen LogP contribution in [0.5, 0.6) is 11.5 Å². The summed E-state index contributed by atoms with van der Waals surface area (Å²) in [6.07, 6.45) is 1.85. The molecule has 0 aliphatic carbocycles. The molecule has 0 spiro atoms. The number of piperidine rings is 1. The van der Waals surface area contributed by atoms with Crippen molar-refractivity contribution in [1.29, 1.82) is 0 Å². The second kappa shape index (κ2) is 10.7. The molecule has 1 saturated heterocycles. The fourth-order valence-electron chi connectivity index (χ4n) is 3.48. The maximum Gasteiger partial charge on any atom is 0.260 e. The van der Waals surface area contributed by atoms with E-state index in [-0.39, 0.29) is 24.5 Å². The molecule has 1 heterocycles. The van der Waals surface area contributed by atoms with Crippen molar-refractivity contribution in [3.63, 3.8) is 0 Å². The zero-order chi connectivity index (χ0) is 21.3. The molecule has 0 unspecified atom stereocenters.